The molecule has 14 aliphatic heterocycles. The summed E-state index contributed by atoms with van der Waals surface area (Å²) in [5.74, 6) is -5.08. The highest BCUT2D eigenvalue weighted by Gasteiger charge is 2.55. The Kier molecular flexibility index (Phi) is 49.8. The molecule has 0 spiro atoms. The molecule has 0 radical (unpaired) electrons. The lowest BCUT2D eigenvalue weighted by Crippen LogP contribution is -2.60. The number of nitrogens with zero attached hydrogens (tertiary/aromatic N) is 14. The molecule has 0 bridgehead atoms. The molecule has 0 N–H and O–H groups in total. The Hall–Kier alpha value is -1.26. The normalized spacial score (nSPS) is 30.2. The third-order valence-corrected chi connectivity index (χ3v) is 34.7. The predicted octanol–water partition coefficient (Wildman–Crippen LogP) is 24.2. The van der Waals surface area contributed by atoms with Crippen molar-refractivity contribution in [1.82, 2.24) is 68.6 Å². The van der Waals surface area contributed by atoms with E-state index in [1.807, 2.05) is 83.9 Å². The summed E-state index contributed by atoms with van der Waals surface area (Å²) in [6.45, 7) is 84.7. The highest BCUT2D eigenvalue weighted by molar-refractivity contribution is 5.03. The molecule has 14 aliphatic rings. The fraction of sp³-hybridized carbons (Fsp3) is 1.00. The average Bonchev–Trinajstić information content (AvgIpc) is 1.68. The van der Waals surface area contributed by atoms with E-state index in [-0.39, 0.29) is 50.8 Å². The zero-order valence-electron chi connectivity index (χ0n) is 93.5. The molecule has 0 aliphatic carbocycles. The molecule has 9 unspecified atom stereocenters. The van der Waals surface area contributed by atoms with Crippen LogP contribution in [-0.4, -0.2) is 366 Å². The minimum Gasteiger partial charge on any atom is -0.301 e. The largest absolute Gasteiger partial charge is 0.301 e. The molecule has 14 saturated heterocycles. The minimum atomic E-state index is -2.56. The van der Waals surface area contributed by atoms with Crippen LogP contribution in [0.25, 0.3) is 0 Å². The number of alkyl halides is 10. The second-order valence-corrected chi connectivity index (χ2v) is 51.6. The monoisotopic (exact) mass is 1960 g/mol. The van der Waals surface area contributed by atoms with Gasteiger partial charge < -0.3 is 29.4 Å². The Balaban J connectivity index is 0.000000196. The van der Waals surface area contributed by atoms with Crippen molar-refractivity contribution >= 4 is 0 Å². The smallest absolute Gasteiger partial charge is 0.275 e. The molecule has 14 nitrogen and oxygen atoms in total. The number of hydrogen-bond acceptors (Lipinski definition) is 14. The molecule has 9 atom stereocenters. The maximum atomic E-state index is 14.5. The van der Waals surface area contributed by atoms with Crippen LogP contribution in [0.2, 0.25) is 0 Å². The Bertz CT molecular complexity index is 3050. The van der Waals surface area contributed by atoms with Gasteiger partial charge in [-0.05, 0) is 414 Å². The van der Waals surface area contributed by atoms with Gasteiger partial charge in [0.05, 0.1) is 50.8 Å². The predicted molar refractivity (Wildman–Crippen MR) is 558 cm³/mol. The Morgan fingerprint density at radius 1 is 0.175 bits per heavy atom. The topological polar surface area (TPSA) is 45.4 Å². The van der Waals surface area contributed by atoms with Gasteiger partial charge in [-0.15, -0.1) is 0 Å². The van der Waals surface area contributed by atoms with Crippen LogP contribution < -0.4 is 0 Å². The van der Waals surface area contributed by atoms with Crippen LogP contribution >= 0.6 is 0 Å². The highest BCUT2D eigenvalue weighted by atomic mass is 19.3. The molecule has 14 rings (SSSR count). The van der Waals surface area contributed by atoms with Gasteiger partial charge in [-0.3, -0.25) is 39.2 Å². The van der Waals surface area contributed by atoms with E-state index in [1.54, 1.807) is 0 Å². The van der Waals surface area contributed by atoms with Crippen LogP contribution in [0.4, 0.5) is 43.9 Å². The summed E-state index contributed by atoms with van der Waals surface area (Å²) in [4.78, 5) is 31.9. The van der Waals surface area contributed by atoms with Crippen molar-refractivity contribution in [2.45, 2.75) is 462 Å². The summed E-state index contributed by atoms with van der Waals surface area (Å²) in [6, 6.07) is 4.18. The second-order valence-electron chi connectivity index (χ2n) is 51.6. The summed E-state index contributed by atoms with van der Waals surface area (Å²) >= 11 is 0. The third-order valence-electron chi connectivity index (χ3n) is 34.7. The lowest BCUT2D eigenvalue weighted by Gasteiger charge is -2.46. The molecule has 24 heteroatoms. The van der Waals surface area contributed by atoms with Gasteiger partial charge in [-0.2, -0.15) is 0 Å². The van der Waals surface area contributed by atoms with E-state index in [0.29, 0.717) is 105 Å². The molecule has 0 amide bonds. The van der Waals surface area contributed by atoms with Crippen molar-refractivity contribution < 1.29 is 43.9 Å². The van der Waals surface area contributed by atoms with Crippen LogP contribution in [0.5, 0.6) is 0 Å². The van der Waals surface area contributed by atoms with Gasteiger partial charge in [0.2, 0.25) is 0 Å². The van der Waals surface area contributed by atoms with Crippen molar-refractivity contribution in [2.24, 2.45) is 82.9 Å². The van der Waals surface area contributed by atoms with Crippen LogP contribution in [0.1, 0.15) is 348 Å². The maximum Gasteiger partial charge on any atom is 0.275 e. The molecule has 0 saturated carbocycles. The standard InChI is InChI=1S/C17H32F2N2.4C16H30F2N2.2C16H32N2/c1-13(2)11-15-5-8-20(9-6-15)16-7-10-21(14(3)4)12-17(16,18)19;2*1-12(2)9-14-10-20(11-16(14,17)18)15-5-7-19(8-6-15)13(3)4;2*1-12(2)9-14-5-7-19(10-14)15-6-8-20(13(3)4)11-16(15,17)18;2*1-13(2)11-15-5-8-18(12-15)16-6-9-17(10-7-16)14(3)4/h13-16H,5-12H2,1-4H3;4*12-15H,5-11H2,1-4H3;2*13-16H,5-12H2,1-4H3. The summed E-state index contributed by atoms with van der Waals surface area (Å²) < 4.78 is 143. The second kappa shape index (κ2) is 56.4. The van der Waals surface area contributed by atoms with E-state index in [4.69, 9.17) is 0 Å². The summed E-state index contributed by atoms with van der Waals surface area (Å²) in [5, 5.41) is 0. The number of piperidine rings is 8. The first kappa shape index (κ1) is 121. The molecule has 0 aromatic heterocycles. The van der Waals surface area contributed by atoms with Crippen LogP contribution in [0, 0.1) is 82.9 Å². The summed E-state index contributed by atoms with van der Waals surface area (Å²) in [5.41, 5.74) is 0. The molecular weight excluding hydrogens is 1740 g/mol. The molecule has 0 aromatic carbocycles. The molecule has 808 valence electrons. The van der Waals surface area contributed by atoms with Crippen molar-refractivity contribution in [3.8, 4) is 0 Å². The fourth-order valence-electron chi connectivity index (χ4n) is 26.8. The van der Waals surface area contributed by atoms with E-state index in [1.165, 1.54) is 123 Å². The van der Waals surface area contributed by atoms with Crippen molar-refractivity contribution in [2.75, 3.05) is 183 Å². The van der Waals surface area contributed by atoms with Gasteiger partial charge in [0, 0.05) is 137 Å². The van der Waals surface area contributed by atoms with Crippen LogP contribution in [-0.2, 0) is 0 Å². The van der Waals surface area contributed by atoms with Gasteiger partial charge in [0.25, 0.3) is 29.6 Å². The Morgan fingerprint density at radius 2 is 0.365 bits per heavy atom. The number of likely N-dealkylation sites (tertiary alicyclic amines) is 14. The lowest BCUT2D eigenvalue weighted by atomic mass is 9.87. The van der Waals surface area contributed by atoms with E-state index < -0.39 is 59.6 Å². The first-order chi connectivity index (χ1) is 64.1. The zero-order valence-corrected chi connectivity index (χ0v) is 93.5. The fourth-order valence-corrected chi connectivity index (χ4v) is 26.8. The summed E-state index contributed by atoms with van der Waals surface area (Å²) in [6.07, 6.45) is 26.6. The van der Waals surface area contributed by atoms with Crippen molar-refractivity contribution in [3.05, 3.63) is 0 Å². The van der Waals surface area contributed by atoms with Gasteiger partial charge >= 0.3 is 0 Å². The van der Waals surface area contributed by atoms with Crippen molar-refractivity contribution in [1.29, 1.82) is 0 Å². The van der Waals surface area contributed by atoms with Crippen LogP contribution in [0.3, 0.4) is 0 Å². The maximum absolute atomic E-state index is 14.5. The minimum absolute atomic E-state index is 0.0171. The average molecular weight is 1960 g/mol. The third kappa shape index (κ3) is 39.0. The zero-order chi connectivity index (χ0) is 102. The SMILES string of the molecule is CC(C)CC1CCN(C2CCN(C(C)C)CC2(F)F)C1.CC(C)CC1CCN(C2CCN(C(C)C)CC2(F)F)C1.CC(C)CC1CCN(C2CCN(C(C)C)CC2(F)F)CC1.CC(C)CC1CCN(C2CCN(C(C)C)CC2)C1.CC(C)CC1CCN(C2CCN(C(C)C)CC2)C1.CC(C)CC1CN(C2CCN(C(C)C)CC2)CC1(F)F.CC(C)CC1CN(C2CCN(C(C)C)CC2)CC1(F)F. The van der Waals surface area contributed by atoms with Crippen molar-refractivity contribution in [3.63, 3.8) is 0 Å². The number of hydrogen-bond donors (Lipinski definition) is 0. The van der Waals surface area contributed by atoms with Gasteiger partial charge in [-0.25, -0.2) is 43.9 Å². The van der Waals surface area contributed by atoms with Gasteiger partial charge in [0.15, 0.2) is 0 Å². The summed E-state index contributed by atoms with van der Waals surface area (Å²) in [7, 11) is 0. The highest BCUT2D eigenvalue weighted by Crippen LogP contribution is 2.45. The Labute approximate surface area is 836 Å². The quantitative estimate of drug-likeness (QED) is 0.0699. The van der Waals surface area contributed by atoms with E-state index in [9.17, 15) is 43.9 Å². The van der Waals surface area contributed by atoms with Gasteiger partial charge in [0.1, 0.15) is 0 Å². The molecular formula is C113H216F10N14. The van der Waals surface area contributed by atoms with Crippen LogP contribution in [0.15, 0.2) is 0 Å². The molecule has 137 heavy (non-hydrogen) atoms. The molecule has 14 heterocycles. The lowest BCUT2D eigenvalue weighted by molar-refractivity contribution is -0.137. The molecule has 14 fully saturated rings. The van der Waals surface area contributed by atoms with Gasteiger partial charge in [-0.1, -0.05) is 96.9 Å². The number of rotatable bonds is 28. The van der Waals surface area contributed by atoms with E-state index in [2.05, 4.69) is 179 Å². The van der Waals surface area contributed by atoms with E-state index in [0.717, 1.165) is 196 Å². The number of halogens is 10. The first-order valence-corrected chi connectivity index (χ1v) is 57.3. The Morgan fingerprint density at radius 3 is 0.591 bits per heavy atom. The van der Waals surface area contributed by atoms with E-state index >= 15 is 0 Å². The molecule has 0 aromatic rings. The first-order valence-electron chi connectivity index (χ1n) is 57.3.